The van der Waals surface area contributed by atoms with Gasteiger partial charge in [0.05, 0.1) is 18.4 Å². The summed E-state index contributed by atoms with van der Waals surface area (Å²) >= 11 is 0. The van der Waals surface area contributed by atoms with Crippen LogP contribution < -0.4 is 25.4 Å². The number of hydrogen-bond donors (Lipinski definition) is 3. The fraction of sp³-hybridized carbons (Fsp3) is 0.125. The molecule has 4 rings (SSSR count). The average molecular weight is 457 g/mol. The number of pyridine rings is 1. The average Bonchev–Trinajstić information content (AvgIpc) is 2.86. The van der Waals surface area contributed by atoms with Crippen molar-refractivity contribution in [2.24, 2.45) is 0 Å². The van der Waals surface area contributed by atoms with E-state index in [0.717, 1.165) is 5.56 Å². The largest absolute Gasteiger partial charge is 0.495 e. The molecular formula is C24H23N7O3. The van der Waals surface area contributed by atoms with E-state index in [0.29, 0.717) is 46.1 Å². The van der Waals surface area contributed by atoms with Gasteiger partial charge in [0.25, 0.3) is 0 Å². The van der Waals surface area contributed by atoms with E-state index in [4.69, 9.17) is 9.47 Å². The first kappa shape index (κ1) is 22.5. The summed E-state index contributed by atoms with van der Waals surface area (Å²) in [5, 5.41) is 8.48. The zero-order valence-corrected chi connectivity index (χ0v) is 18.9. The van der Waals surface area contributed by atoms with E-state index in [2.05, 4.69) is 35.9 Å². The molecule has 0 fully saturated rings. The Balaban J connectivity index is 1.50. The minimum absolute atomic E-state index is 0.355. The molecule has 0 aliphatic heterocycles. The van der Waals surface area contributed by atoms with Gasteiger partial charge in [-0.3, -0.25) is 0 Å². The van der Waals surface area contributed by atoms with E-state index < -0.39 is 0 Å². The molecule has 2 aromatic heterocycles. The van der Waals surface area contributed by atoms with Crippen LogP contribution in [-0.2, 0) is 0 Å². The summed E-state index contributed by atoms with van der Waals surface area (Å²) in [6, 6.07) is 15.7. The van der Waals surface area contributed by atoms with Crippen molar-refractivity contribution in [3.63, 3.8) is 0 Å². The molecule has 10 nitrogen and oxygen atoms in total. The maximum atomic E-state index is 12.4. The number of nitrogens with one attached hydrogen (secondary N) is 3. The Bertz CT molecular complexity index is 1310. The van der Waals surface area contributed by atoms with Crippen molar-refractivity contribution in [1.82, 2.24) is 19.9 Å². The molecule has 0 spiro atoms. The minimum Gasteiger partial charge on any atom is -0.495 e. The predicted molar refractivity (Wildman–Crippen MR) is 129 cm³/mol. The summed E-state index contributed by atoms with van der Waals surface area (Å²) < 4.78 is 11.3. The van der Waals surface area contributed by atoms with Crippen LogP contribution in [0.1, 0.15) is 5.56 Å². The van der Waals surface area contributed by atoms with E-state index in [1.807, 2.05) is 31.2 Å². The van der Waals surface area contributed by atoms with E-state index in [-0.39, 0.29) is 6.03 Å². The SMILES string of the molecule is CNc1ncnc(-c2cccnc2Oc2ccc(NC(=O)Nc3ccccc3OC)cc2C)n1. The molecule has 0 radical (unpaired) electrons. The van der Waals surface area contributed by atoms with Crippen LogP contribution >= 0.6 is 0 Å². The molecule has 0 atom stereocenters. The van der Waals surface area contributed by atoms with Crippen LogP contribution in [0.15, 0.2) is 67.1 Å². The number of ether oxygens (including phenoxy) is 2. The highest BCUT2D eigenvalue weighted by molar-refractivity contribution is 6.00. The molecule has 0 unspecified atom stereocenters. The third-order valence-electron chi connectivity index (χ3n) is 4.80. The number of amides is 2. The van der Waals surface area contributed by atoms with Gasteiger partial charge in [-0.1, -0.05) is 12.1 Å². The number of aromatic nitrogens is 4. The molecular weight excluding hydrogens is 434 g/mol. The van der Waals surface area contributed by atoms with Crippen molar-refractivity contribution < 1.29 is 14.3 Å². The van der Waals surface area contributed by atoms with E-state index in [1.54, 1.807) is 50.7 Å². The maximum Gasteiger partial charge on any atom is 0.323 e. The molecule has 0 saturated carbocycles. The van der Waals surface area contributed by atoms with Crippen molar-refractivity contribution in [2.75, 3.05) is 30.1 Å². The van der Waals surface area contributed by atoms with Crippen LogP contribution in [-0.4, -0.2) is 40.1 Å². The number of benzene rings is 2. The minimum atomic E-state index is -0.389. The number of hydrogen-bond acceptors (Lipinski definition) is 8. The number of para-hydroxylation sites is 2. The lowest BCUT2D eigenvalue weighted by atomic mass is 10.2. The fourth-order valence-corrected chi connectivity index (χ4v) is 3.17. The van der Waals surface area contributed by atoms with Gasteiger partial charge < -0.3 is 25.4 Å². The van der Waals surface area contributed by atoms with Gasteiger partial charge in [-0.15, -0.1) is 0 Å². The molecule has 0 saturated heterocycles. The monoisotopic (exact) mass is 457 g/mol. The summed E-state index contributed by atoms with van der Waals surface area (Å²) in [6.45, 7) is 1.88. The van der Waals surface area contributed by atoms with Crippen LogP contribution in [0, 0.1) is 6.92 Å². The van der Waals surface area contributed by atoms with Gasteiger partial charge in [0.1, 0.15) is 17.8 Å². The molecule has 2 amide bonds. The van der Waals surface area contributed by atoms with E-state index in [9.17, 15) is 4.79 Å². The number of nitrogens with zero attached hydrogens (tertiary/aromatic N) is 4. The van der Waals surface area contributed by atoms with Gasteiger partial charge in [0.15, 0.2) is 5.82 Å². The highest BCUT2D eigenvalue weighted by Gasteiger charge is 2.14. The van der Waals surface area contributed by atoms with Crippen LogP contribution in [0.5, 0.6) is 17.4 Å². The first-order valence-electron chi connectivity index (χ1n) is 10.4. The van der Waals surface area contributed by atoms with E-state index >= 15 is 0 Å². The van der Waals surface area contributed by atoms with Crippen molar-refractivity contribution >= 4 is 23.4 Å². The molecule has 3 N–H and O–H groups in total. The van der Waals surface area contributed by atoms with Gasteiger partial charge in [-0.25, -0.2) is 19.7 Å². The Kier molecular flexibility index (Phi) is 6.78. The number of carbonyl (C=O) groups is 1. The summed E-state index contributed by atoms with van der Waals surface area (Å²) in [4.78, 5) is 29.4. The topological polar surface area (TPSA) is 123 Å². The quantitative estimate of drug-likeness (QED) is 0.364. The molecule has 34 heavy (non-hydrogen) atoms. The predicted octanol–water partition coefficient (Wildman–Crippen LogP) is 4.73. The summed E-state index contributed by atoms with van der Waals surface area (Å²) in [5.41, 5.74) is 2.61. The molecule has 0 aliphatic rings. The Morgan fingerprint density at radius 2 is 1.79 bits per heavy atom. The number of methoxy groups -OCH3 is 1. The molecule has 10 heteroatoms. The van der Waals surface area contributed by atoms with Gasteiger partial charge in [-0.2, -0.15) is 4.98 Å². The summed E-state index contributed by atoms with van der Waals surface area (Å²) in [7, 11) is 3.28. The molecule has 2 heterocycles. The summed E-state index contributed by atoms with van der Waals surface area (Å²) in [5.74, 6) is 2.39. The Hall–Kier alpha value is -4.73. The number of carbonyl (C=O) groups excluding carboxylic acids is 1. The zero-order valence-electron chi connectivity index (χ0n) is 18.9. The number of rotatable bonds is 7. The van der Waals surface area contributed by atoms with Crippen molar-refractivity contribution in [3.8, 4) is 28.8 Å². The van der Waals surface area contributed by atoms with Crippen molar-refractivity contribution in [3.05, 3.63) is 72.7 Å². The highest BCUT2D eigenvalue weighted by Crippen LogP contribution is 2.32. The lowest BCUT2D eigenvalue weighted by Crippen LogP contribution is -2.19. The Morgan fingerprint density at radius 1 is 0.941 bits per heavy atom. The molecule has 4 aromatic rings. The van der Waals surface area contributed by atoms with Crippen molar-refractivity contribution in [2.45, 2.75) is 6.92 Å². The Labute approximate surface area is 196 Å². The first-order valence-corrected chi connectivity index (χ1v) is 10.4. The normalized spacial score (nSPS) is 10.3. The number of urea groups is 1. The highest BCUT2D eigenvalue weighted by atomic mass is 16.5. The maximum absolute atomic E-state index is 12.4. The smallest absolute Gasteiger partial charge is 0.323 e. The fourth-order valence-electron chi connectivity index (χ4n) is 3.17. The van der Waals surface area contributed by atoms with Crippen molar-refractivity contribution in [1.29, 1.82) is 0 Å². The lowest BCUT2D eigenvalue weighted by molar-refractivity contribution is 0.262. The molecule has 172 valence electrons. The molecule has 2 aromatic carbocycles. The molecule has 0 aliphatic carbocycles. The summed E-state index contributed by atoms with van der Waals surface area (Å²) in [6.07, 6.45) is 3.05. The van der Waals surface area contributed by atoms with Gasteiger partial charge in [0.2, 0.25) is 11.8 Å². The Morgan fingerprint density at radius 3 is 2.59 bits per heavy atom. The number of aryl methyl sites for hydroxylation is 1. The van der Waals surface area contributed by atoms with Crippen LogP contribution in [0.3, 0.4) is 0 Å². The second-order valence-electron chi connectivity index (χ2n) is 7.10. The third kappa shape index (κ3) is 5.18. The van der Waals surface area contributed by atoms with Gasteiger partial charge in [0, 0.05) is 18.9 Å². The van der Waals surface area contributed by atoms with Crippen LogP contribution in [0.2, 0.25) is 0 Å². The zero-order chi connectivity index (χ0) is 23.9. The first-order chi connectivity index (χ1) is 16.6. The second kappa shape index (κ2) is 10.3. The van der Waals surface area contributed by atoms with Gasteiger partial charge >= 0.3 is 6.03 Å². The van der Waals surface area contributed by atoms with Crippen LogP contribution in [0.25, 0.3) is 11.4 Å². The standard InChI is InChI=1S/C24H23N7O3/c1-15-13-16(29-24(32)30-18-8-4-5-9-20(18)33-3)10-11-19(15)34-22-17(7-6-12-26-22)21-27-14-28-23(25-2)31-21/h4-14H,1-3H3,(H2,29,30,32)(H,25,27,28,31). The van der Waals surface area contributed by atoms with Crippen LogP contribution in [0.4, 0.5) is 22.1 Å². The second-order valence-corrected chi connectivity index (χ2v) is 7.10. The van der Waals surface area contributed by atoms with Gasteiger partial charge in [-0.05, 0) is 55.0 Å². The third-order valence-corrected chi connectivity index (χ3v) is 4.80. The lowest BCUT2D eigenvalue weighted by Gasteiger charge is -2.14. The van der Waals surface area contributed by atoms with E-state index in [1.165, 1.54) is 6.33 Å². The number of anilines is 3. The molecule has 0 bridgehead atoms.